The van der Waals surface area contributed by atoms with Crippen LogP contribution in [0.4, 0.5) is 0 Å². The summed E-state index contributed by atoms with van der Waals surface area (Å²) >= 11 is 0. The Morgan fingerprint density at radius 1 is 0.357 bits per heavy atom. The van der Waals surface area contributed by atoms with Gasteiger partial charge in [-0.1, -0.05) is 72.8 Å². The van der Waals surface area contributed by atoms with E-state index in [-0.39, 0.29) is 0 Å². The highest BCUT2D eigenvalue weighted by Crippen LogP contribution is 2.42. The van der Waals surface area contributed by atoms with Gasteiger partial charge in [-0.25, -0.2) is 0 Å². The summed E-state index contributed by atoms with van der Waals surface area (Å²) in [6.45, 7) is 0. The van der Waals surface area contributed by atoms with Crippen molar-refractivity contribution in [1.29, 1.82) is 0 Å². The molecule has 0 saturated carbocycles. The lowest BCUT2D eigenvalue weighted by Gasteiger charge is -2.13. The second-order valence-electron chi connectivity index (χ2n) is 11.0. The molecule has 0 saturated heterocycles. The van der Waals surface area contributed by atoms with E-state index in [1.54, 1.807) is 0 Å². The Balaban J connectivity index is 1.37. The van der Waals surface area contributed by atoms with Crippen molar-refractivity contribution < 1.29 is 8.83 Å². The minimum absolute atomic E-state index is 0.894. The average molecular weight is 539 g/mol. The van der Waals surface area contributed by atoms with Crippen molar-refractivity contribution in [1.82, 2.24) is 9.13 Å². The largest absolute Gasteiger partial charge is 0.456 e. The first-order chi connectivity index (χ1) is 20.8. The van der Waals surface area contributed by atoms with Crippen LogP contribution >= 0.6 is 0 Å². The van der Waals surface area contributed by atoms with E-state index < -0.39 is 0 Å². The molecule has 42 heavy (non-hydrogen) atoms. The van der Waals surface area contributed by atoms with E-state index in [0.717, 1.165) is 60.9 Å². The monoisotopic (exact) mass is 538 g/mol. The number of nitrogens with zero attached hydrogens (tertiary/aromatic N) is 2. The van der Waals surface area contributed by atoms with Crippen molar-refractivity contribution in [3.63, 3.8) is 0 Å². The Labute approximate surface area is 239 Å². The lowest BCUT2D eigenvalue weighted by molar-refractivity contribution is 0.668. The van der Waals surface area contributed by atoms with E-state index in [0.29, 0.717) is 0 Å². The molecular formula is C38H22N2O2. The van der Waals surface area contributed by atoms with E-state index in [2.05, 4.69) is 118 Å². The smallest absolute Gasteiger partial charge is 0.135 e. The summed E-state index contributed by atoms with van der Waals surface area (Å²) in [6.07, 6.45) is 0. The minimum atomic E-state index is 0.894. The Morgan fingerprint density at radius 3 is 1.26 bits per heavy atom. The fourth-order valence-corrected chi connectivity index (χ4v) is 6.93. The van der Waals surface area contributed by atoms with Crippen molar-refractivity contribution >= 4 is 76.7 Å². The number of fused-ring (bicyclic) bond motifs is 11. The van der Waals surface area contributed by atoms with Gasteiger partial charge in [0.2, 0.25) is 0 Å². The van der Waals surface area contributed by atoms with E-state index in [1.165, 1.54) is 27.2 Å². The molecule has 196 valence electrons. The molecule has 0 bridgehead atoms. The van der Waals surface area contributed by atoms with Crippen molar-refractivity contribution in [3.05, 3.63) is 133 Å². The minimum Gasteiger partial charge on any atom is -0.456 e. The molecule has 0 aliphatic carbocycles. The number of aromatic nitrogens is 2. The van der Waals surface area contributed by atoms with E-state index in [1.807, 2.05) is 24.3 Å². The van der Waals surface area contributed by atoms with Gasteiger partial charge >= 0.3 is 0 Å². The highest BCUT2D eigenvalue weighted by Gasteiger charge is 2.23. The molecule has 0 amide bonds. The van der Waals surface area contributed by atoms with Crippen LogP contribution < -0.4 is 0 Å². The van der Waals surface area contributed by atoms with E-state index in [4.69, 9.17) is 8.83 Å². The number of furan rings is 2. The van der Waals surface area contributed by atoms with Crippen LogP contribution in [0.25, 0.3) is 88.1 Å². The molecular weight excluding hydrogens is 516 g/mol. The quantitative estimate of drug-likeness (QED) is 0.219. The summed E-state index contributed by atoms with van der Waals surface area (Å²) in [5.74, 6) is 0. The molecule has 4 aromatic heterocycles. The number of para-hydroxylation sites is 4. The summed E-state index contributed by atoms with van der Waals surface area (Å²) in [5.41, 5.74) is 9.27. The first-order valence-electron chi connectivity index (χ1n) is 14.2. The second-order valence-corrected chi connectivity index (χ2v) is 11.0. The summed E-state index contributed by atoms with van der Waals surface area (Å²) < 4.78 is 17.2. The van der Waals surface area contributed by atoms with Gasteiger partial charge in [-0.3, -0.25) is 9.13 Å². The molecule has 0 N–H and O–H groups in total. The first-order valence-corrected chi connectivity index (χ1v) is 14.2. The normalized spacial score (nSPS) is 12.3. The van der Waals surface area contributed by atoms with Gasteiger partial charge in [0.25, 0.3) is 0 Å². The zero-order valence-corrected chi connectivity index (χ0v) is 22.4. The third-order valence-corrected chi connectivity index (χ3v) is 8.71. The maximum atomic E-state index is 6.19. The van der Waals surface area contributed by atoms with Gasteiger partial charge in [-0.05, 0) is 60.7 Å². The molecule has 0 fully saturated rings. The number of benzene rings is 6. The third kappa shape index (κ3) is 2.80. The fourth-order valence-electron chi connectivity index (χ4n) is 6.93. The molecule has 4 heteroatoms. The topological polar surface area (TPSA) is 36.1 Å². The molecule has 0 aliphatic rings. The zero-order valence-electron chi connectivity index (χ0n) is 22.4. The first kappa shape index (κ1) is 22.0. The lowest BCUT2D eigenvalue weighted by atomic mass is 10.1. The predicted octanol–water partition coefficient (Wildman–Crippen LogP) is 10.5. The van der Waals surface area contributed by atoms with E-state index in [9.17, 15) is 0 Å². The highest BCUT2D eigenvalue weighted by molar-refractivity contribution is 6.22. The van der Waals surface area contributed by atoms with Crippen molar-refractivity contribution in [2.45, 2.75) is 0 Å². The van der Waals surface area contributed by atoms with Crippen LogP contribution in [-0.4, -0.2) is 9.13 Å². The zero-order chi connectivity index (χ0) is 27.4. The standard InChI is InChI=1S/C38H22N2O2/c1-5-13-31-27(11-1)37-28-12-2-6-14-32(28)40(24-18-20-36-30(22-24)26-10-4-8-16-34(26)42-36)38(37)39(31)23-17-19-35-29(21-23)25-9-3-7-15-33(25)41-35/h1-22H. The molecule has 4 heterocycles. The molecule has 6 aromatic carbocycles. The van der Waals surface area contributed by atoms with Crippen LogP contribution in [-0.2, 0) is 0 Å². The van der Waals surface area contributed by atoms with Crippen LogP contribution in [0.5, 0.6) is 0 Å². The molecule has 0 spiro atoms. The van der Waals surface area contributed by atoms with Crippen molar-refractivity contribution in [3.8, 4) is 11.4 Å². The molecule has 4 nitrogen and oxygen atoms in total. The third-order valence-electron chi connectivity index (χ3n) is 8.71. The van der Waals surface area contributed by atoms with Crippen LogP contribution in [0, 0.1) is 0 Å². The second kappa shape index (κ2) is 7.93. The SMILES string of the molecule is c1ccc2c(c1)oc1ccc(-n3c4ccccc4c4c5ccccc5n(-c5ccc6oc7ccccc7c6c5)c43)cc12. The predicted molar refractivity (Wildman–Crippen MR) is 172 cm³/mol. The van der Waals surface area contributed by atoms with Crippen LogP contribution in [0.2, 0.25) is 0 Å². The average Bonchev–Trinajstić information content (AvgIpc) is 3.77. The summed E-state index contributed by atoms with van der Waals surface area (Å²) in [7, 11) is 0. The van der Waals surface area contributed by atoms with Gasteiger partial charge in [-0.15, -0.1) is 0 Å². The number of hydrogen-bond acceptors (Lipinski definition) is 2. The summed E-state index contributed by atoms with van der Waals surface area (Å²) in [4.78, 5) is 0. The van der Waals surface area contributed by atoms with Crippen molar-refractivity contribution in [2.75, 3.05) is 0 Å². The van der Waals surface area contributed by atoms with Crippen LogP contribution in [0.15, 0.2) is 142 Å². The van der Waals surface area contributed by atoms with Crippen LogP contribution in [0.3, 0.4) is 0 Å². The van der Waals surface area contributed by atoms with Gasteiger partial charge in [0, 0.05) is 49.1 Å². The Bertz CT molecular complexity index is 2510. The number of rotatable bonds is 2. The molecule has 0 unspecified atom stereocenters. The maximum Gasteiger partial charge on any atom is 0.135 e. The maximum absolute atomic E-state index is 6.19. The van der Waals surface area contributed by atoms with Gasteiger partial charge < -0.3 is 8.83 Å². The Kier molecular flexibility index (Phi) is 4.15. The lowest BCUT2D eigenvalue weighted by Crippen LogP contribution is -2.01. The molecule has 10 rings (SSSR count). The Morgan fingerprint density at radius 2 is 0.762 bits per heavy atom. The molecule has 10 aromatic rings. The van der Waals surface area contributed by atoms with Gasteiger partial charge in [0.1, 0.15) is 28.0 Å². The molecule has 0 atom stereocenters. The highest BCUT2D eigenvalue weighted by atomic mass is 16.3. The van der Waals surface area contributed by atoms with Crippen molar-refractivity contribution in [2.24, 2.45) is 0 Å². The fraction of sp³-hybridized carbons (Fsp3) is 0. The van der Waals surface area contributed by atoms with E-state index >= 15 is 0 Å². The van der Waals surface area contributed by atoms with Gasteiger partial charge in [0.05, 0.1) is 11.0 Å². The summed E-state index contributed by atoms with van der Waals surface area (Å²) in [6, 6.07) is 47.0. The van der Waals surface area contributed by atoms with Gasteiger partial charge in [-0.2, -0.15) is 0 Å². The number of hydrogen-bond donors (Lipinski definition) is 0. The summed E-state index contributed by atoms with van der Waals surface area (Å²) in [5, 5.41) is 8.19. The molecule has 0 aliphatic heterocycles. The Hall–Kier alpha value is -5.74. The van der Waals surface area contributed by atoms with Crippen LogP contribution in [0.1, 0.15) is 0 Å². The van der Waals surface area contributed by atoms with Gasteiger partial charge in [0.15, 0.2) is 0 Å². The molecule has 0 radical (unpaired) electrons.